The van der Waals surface area contributed by atoms with E-state index in [1.807, 2.05) is 13.8 Å². The average Bonchev–Trinajstić information content (AvgIpc) is 2.98. The number of aromatic nitrogens is 2. The Labute approximate surface area is 195 Å². The number of hydrogen-bond donors (Lipinski definition) is 1. The van der Waals surface area contributed by atoms with Gasteiger partial charge in [0.25, 0.3) is 5.69 Å². The van der Waals surface area contributed by atoms with Gasteiger partial charge in [0.1, 0.15) is 17.5 Å². The maximum atomic E-state index is 13.0. The summed E-state index contributed by atoms with van der Waals surface area (Å²) >= 11 is 12.3. The minimum Gasteiger partial charge on any atom is -0.457 e. The van der Waals surface area contributed by atoms with Crippen LogP contribution in [0.2, 0.25) is 10.0 Å². The number of non-ortho nitro benzene ring substituents is 1. The molecule has 3 aromatic rings. The van der Waals surface area contributed by atoms with E-state index in [0.717, 1.165) is 5.56 Å². The van der Waals surface area contributed by atoms with Crippen molar-refractivity contribution in [3.63, 3.8) is 0 Å². The van der Waals surface area contributed by atoms with Crippen LogP contribution < -0.4 is 10.1 Å². The van der Waals surface area contributed by atoms with Gasteiger partial charge in [-0.25, -0.2) is 0 Å². The van der Waals surface area contributed by atoms with Crippen LogP contribution in [0.15, 0.2) is 36.4 Å². The number of nitro groups is 1. The zero-order valence-corrected chi connectivity index (χ0v) is 19.5. The van der Waals surface area contributed by atoms with E-state index in [2.05, 4.69) is 10.4 Å². The van der Waals surface area contributed by atoms with Crippen molar-refractivity contribution in [2.75, 3.05) is 5.32 Å². The van der Waals surface area contributed by atoms with E-state index in [1.165, 1.54) is 18.2 Å². The fourth-order valence-corrected chi connectivity index (χ4v) is 3.52. The zero-order chi connectivity index (χ0) is 23.6. The van der Waals surface area contributed by atoms with Gasteiger partial charge < -0.3 is 10.1 Å². The number of nitrogens with zero attached hydrogens (tertiary/aromatic N) is 3. The minimum absolute atomic E-state index is 0.207. The SMILES string of the molecule is CCC(C(=O)Nc1cc(Oc2ccc(Cl)c(C)c2)cc([N+](=O)[O-])c1)n1nc(C)c(Cl)c1C. The first kappa shape index (κ1) is 23.6. The third-order valence-electron chi connectivity index (χ3n) is 4.96. The van der Waals surface area contributed by atoms with E-state index in [0.29, 0.717) is 33.6 Å². The first-order valence-electron chi connectivity index (χ1n) is 9.86. The molecular formula is C22H22Cl2N4O4. The van der Waals surface area contributed by atoms with Crippen molar-refractivity contribution in [1.29, 1.82) is 0 Å². The Bertz CT molecular complexity index is 1190. The lowest BCUT2D eigenvalue weighted by Gasteiger charge is -2.18. The maximum Gasteiger partial charge on any atom is 0.275 e. The number of carbonyl (C=O) groups is 1. The van der Waals surface area contributed by atoms with Gasteiger partial charge in [-0.15, -0.1) is 0 Å². The number of halogens is 2. The molecule has 0 fully saturated rings. The Morgan fingerprint density at radius 2 is 1.91 bits per heavy atom. The topological polar surface area (TPSA) is 99.3 Å². The summed E-state index contributed by atoms with van der Waals surface area (Å²) in [5.41, 5.74) is 2.12. The van der Waals surface area contributed by atoms with Crippen molar-refractivity contribution >= 4 is 40.5 Å². The number of carbonyl (C=O) groups excluding carboxylic acids is 1. The highest BCUT2D eigenvalue weighted by atomic mass is 35.5. The molecule has 1 heterocycles. The standard InChI is InChI=1S/C22H22Cl2N4O4/c1-5-20(27-14(4)21(24)13(3)26-27)22(29)25-15-9-16(28(30)31)11-18(10-15)32-17-6-7-19(23)12(2)8-17/h6-11,20H,5H2,1-4H3,(H,25,29). The predicted molar refractivity (Wildman–Crippen MR) is 124 cm³/mol. The molecule has 0 radical (unpaired) electrons. The summed E-state index contributed by atoms with van der Waals surface area (Å²) in [6.45, 7) is 7.22. The Kier molecular flexibility index (Phi) is 7.06. The summed E-state index contributed by atoms with van der Waals surface area (Å²) in [6.07, 6.45) is 0.451. The molecule has 8 nitrogen and oxygen atoms in total. The molecule has 0 spiro atoms. The number of ether oxygens (including phenoxy) is 1. The summed E-state index contributed by atoms with van der Waals surface area (Å²) < 4.78 is 7.36. The van der Waals surface area contributed by atoms with Gasteiger partial charge in [0, 0.05) is 17.2 Å². The molecule has 1 atom stereocenters. The van der Waals surface area contributed by atoms with E-state index < -0.39 is 11.0 Å². The second-order valence-electron chi connectivity index (χ2n) is 7.33. The summed E-state index contributed by atoms with van der Waals surface area (Å²) in [5, 5.41) is 19.6. The van der Waals surface area contributed by atoms with E-state index in [4.69, 9.17) is 27.9 Å². The van der Waals surface area contributed by atoms with Gasteiger partial charge in [-0.2, -0.15) is 5.10 Å². The first-order valence-corrected chi connectivity index (χ1v) is 10.6. The number of amides is 1. The van der Waals surface area contributed by atoms with Crippen molar-refractivity contribution in [2.24, 2.45) is 0 Å². The second kappa shape index (κ2) is 9.58. The van der Waals surface area contributed by atoms with Crippen LogP contribution in [0.25, 0.3) is 0 Å². The molecule has 3 rings (SSSR count). The fourth-order valence-electron chi connectivity index (χ4n) is 3.28. The molecule has 10 heteroatoms. The van der Waals surface area contributed by atoms with Crippen LogP contribution in [0.4, 0.5) is 11.4 Å². The van der Waals surface area contributed by atoms with Gasteiger partial charge in [-0.05, 0) is 51.0 Å². The smallest absolute Gasteiger partial charge is 0.275 e. The summed E-state index contributed by atoms with van der Waals surface area (Å²) in [6, 6.07) is 8.51. The van der Waals surface area contributed by atoms with Crippen LogP contribution in [0.5, 0.6) is 11.5 Å². The van der Waals surface area contributed by atoms with Crippen LogP contribution in [0.3, 0.4) is 0 Å². The van der Waals surface area contributed by atoms with E-state index >= 15 is 0 Å². The first-order chi connectivity index (χ1) is 15.1. The quantitative estimate of drug-likeness (QED) is 0.313. The molecule has 1 amide bonds. The van der Waals surface area contributed by atoms with Gasteiger partial charge >= 0.3 is 0 Å². The molecule has 0 bridgehead atoms. The number of benzene rings is 2. The minimum atomic E-state index is -0.635. The van der Waals surface area contributed by atoms with E-state index in [-0.39, 0.29) is 23.0 Å². The molecule has 0 saturated carbocycles. The maximum absolute atomic E-state index is 13.0. The molecule has 1 aromatic heterocycles. The number of anilines is 1. The van der Waals surface area contributed by atoms with Crippen molar-refractivity contribution in [3.8, 4) is 11.5 Å². The van der Waals surface area contributed by atoms with Crippen molar-refractivity contribution in [3.05, 3.63) is 73.5 Å². The third kappa shape index (κ3) is 5.03. The van der Waals surface area contributed by atoms with E-state index in [9.17, 15) is 14.9 Å². The van der Waals surface area contributed by atoms with Crippen molar-refractivity contribution in [2.45, 2.75) is 40.2 Å². The lowest BCUT2D eigenvalue weighted by atomic mass is 10.2. The average molecular weight is 477 g/mol. The molecule has 0 saturated heterocycles. The molecule has 32 heavy (non-hydrogen) atoms. The predicted octanol–water partition coefficient (Wildman–Crippen LogP) is 6.41. The third-order valence-corrected chi connectivity index (χ3v) is 5.93. The molecule has 0 aliphatic heterocycles. The molecule has 1 unspecified atom stereocenters. The Morgan fingerprint density at radius 3 is 2.47 bits per heavy atom. The number of rotatable bonds is 7. The second-order valence-corrected chi connectivity index (χ2v) is 8.11. The van der Waals surface area contributed by atoms with Crippen molar-refractivity contribution < 1.29 is 14.5 Å². The molecular weight excluding hydrogens is 455 g/mol. The van der Waals surface area contributed by atoms with E-state index in [1.54, 1.807) is 36.7 Å². The number of aryl methyl sites for hydroxylation is 2. The Hall–Kier alpha value is -3.10. The molecule has 2 aromatic carbocycles. The Morgan fingerprint density at radius 1 is 1.19 bits per heavy atom. The van der Waals surface area contributed by atoms with Gasteiger partial charge in [-0.3, -0.25) is 19.6 Å². The largest absolute Gasteiger partial charge is 0.457 e. The molecule has 1 N–H and O–H groups in total. The van der Waals surface area contributed by atoms with Gasteiger partial charge in [0.05, 0.1) is 33.1 Å². The Balaban J connectivity index is 1.90. The van der Waals surface area contributed by atoms with Crippen LogP contribution in [-0.2, 0) is 4.79 Å². The highest BCUT2D eigenvalue weighted by Crippen LogP contribution is 2.32. The normalized spacial score (nSPS) is 11.8. The molecule has 0 aliphatic rings. The number of nitro benzene ring substituents is 1. The van der Waals surface area contributed by atoms with Crippen LogP contribution >= 0.6 is 23.2 Å². The molecule has 168 valence electrons. The zero-order valence-electron chi connectivity index (χ0n) is 18.0. The van der Waals surface area contributed by atoms with Gasteiger partial charge in [-0.1, -0.05) is 30.1 Å². The number of hydrogen-bond acceptors (Lipinski definition) is 5. The summed E-state index contributed by atoms with van der Waals surface area (Å²) in [7, 11) is 0. The summed E-state index contributed by atoms with van der Waals surface area (Å²) in [4.78, 5) is 23.9. The summed E-state index contributed by atoms with van der Waals surface area (Å²) in [5.74, 6) is 0.301. The van der Waals surface area contributed by atoms with Gasteiger partial charge in [0.2, 0.25) is 5.91 Å². The highest BCUT2D eigenvalue weighted by Gasteiger charge is 2.24. The highest BCUT2D eigenvalue weighted by molar-refractivity contribution is 6.32. The fraction of sp³-hybridized carbons (Fsp3) is 0.273. The monoisotopic (exact) mass is 476 g/mol. The lowest BCUT2D eigenvalue weighted by molar-refractivity contribution is -0.384. The van der Waals surface area contributed by atoms with Gasteiger partial charge in [0.15, 0.2) is 0 Å². The van der Waals surface area contributed by atoms with Crippen LogP contribution in [0, 0.1) is 30.9 Å². The van der Waals surface area contributed by atoms with Crippen LogP contribution in [-0.4, -0.2) is 20.6 Å². The van der Waals surface area contributed by atoms with Crippen molar-refractivity contribution in [1.82, 2.24) is 9.78 Å². The van der Waals surface area contributed by atoms with Crippen LogP contribution in [0.1, 0.15) is 36.3 Å². The molecule has 0 aliphatic carbocycles. The number of nitrogens with one attached hydrogen (secondary N) is 1. The lowest BCUT2D eigenvalue weighted by Crippen LogP contribution is -2.27.